The first kappa shape index (κ1) is 13.5. The van der Waals surface area contributed by atoms with Crippen molar-refractivity contribution in [1.82, 2.24) is 5.32 Å². The highest BCUT2D eigenvalue weighted by Gasteiger charge is 2.33. The Hall–Kier alpha value is -2.13. The molecule has 2 aromatic carbocycles. The number of hydrogen-bond acceptors (Lipinski definition) is 2. The fourth-order valence-corrected chi connectivity index (χ4v) is 3.21. The van der Waals surface area contributed by atoms with Crippen LogP contribution in [-0.4, -0.2) is 25.7 Å². The molecule has 1 heterocycles. The molecule has 4 rings (SSSR count). The highest BCUT2D eigenvalue weighted by molar-refractivity contribution is 5.96. The van der Waals surface area contributed by atoms with E-state index in [0.29, 0.717) is 6.54 Å². The van der Waals surface area contributed by atoms with Crippen LogP contribution in [0.5, 0.6) is 0 Å². The van der Waals surface area contributed by atoms with Gasteiger partial charge in [0.15, 0.2) is 0 Å². The lowest BCUT2D eigenvalue weighted by molar-refractivity contribution is -0.0978. The molecule has 1 amide bonds. The van der Waals surface area contributed by atoms with Crippen molar-refractivity contribution in [1.29, 1.82) is 0 Å². The fourth-order valence-electron chi connectivity index (χ4n) is 3.21. The van der Waals surface area contributed by atoms with Crippen molar-refractivity contribution in [2.75, 3.05) is 19.8 Å². The summed E-state index contributed by atoms with van der Waals surface area (Å²) in [5.41, 5.74) is 5.93. The lowest BCUT2D eigenvalue weighted by atomic mass is 9.88. The third-order valence-electron chi connectivity index (χ3n) is 4.64. The van der Waals surface area contributed by atoms with Crippen molar-refractivity contribution in [3.63, 3.8) is 0 Å². The molecule has 112 valence electrons. The van der Waals surface area contributed by atoms with E-state index in [4.69, 9.17) is 4.74 Å². The van der Waals surface area contributed by atoms with Gasteiger partial charge in [-0.1, -0.05) is 37.3 Å². The van der Waals surface area contributed by atoms with Gasteiger partial charge in [0.2, 0.25) is 0 Å². The lowest BCUT2D eigenvalue weighted by Crippen LogP contribution is -2.48. The van der Waals surface area contributed by atoms with E-state index < -0.39 is 0 Å². The van der Waals surface area contributed by atoms with Gasteiger partial charge in [-0.25, -0.2) is 0 Å². The van der Waals surface area contributed by atoms with E-state index in [9.17, 15) is 4.79 Å². The first-order chi connectivity index (χ1) is 10.6. The molecule has 2 aromatic rings. The Morgan fingerprint density at radius 1 is 1.14 bits per heavy atom. The quantitative estimate of drug-likeness (QED) is 0.806. The van der Waals surface area contributed by atoms with Crippen LogP contribution in [0.3, 0.4) is 0 Å². The third kappa shape index (κ3) is 2.22. The Bertz CT molecular complexity index is 747. The van der Waals surface area contributed by atoms with E-state index >= 15 is 0 Å². The molecule has 1 saturated heterocycles. The van der Waals surface area contributed by atoms with Gasteiger partial charge in [0, 0.05) is 17.5 Å². The lowest BCUT2D eigenvalue weighted by Gasteiger charge is -2.38. The maximum Gasteiger partial charge on any atom is 0.251 e. The monoisotopic (exact) mass is 293 g/mol. The third-order valence-corrected chi connectivity index (χ3v) is 4.64. The van der Waals surface area contributed by atoms with Crippen LogP contribution in [0.2, 0.25) is 0 Å². The van der Waals surface area contributed by atoms with E-state index in [-0.39, 0.29) is 11.3 Å². The summed E-state index contributed by atoms with van der Waals surface area (Å²) in [5, 5.41) is 3.04. The van der Waals surface area contributed by atoms with Gasteiger partial charge < -0.3 is 10.1 Å². The fraction of sp³-hybridized carbons (Fsp3) is 0.316. The van der Waals surface area contributed by atoms with Gasteiger partial charge in [0.1, 0.15) is 0 Å². The van der Waals surface area contributed by atoms with Gasteiger partial charge in [-0.2, -0.15) is 0 Å². The van der Waals surface area contributed by atoms with Crippen LogP contribution < -0.4 is 5.32 Å². The number of rotatable bonds is 3. The number of fused-ring (bicyclic) bond motifs is 3. The number of ether oxygens (including phenoxy) is 1. The molecule has 3 heteroatoms. The zero-order chi connectivity index (χ0) is 15.2. The summed E-state index contributed by atoms with van der Waals surface area (Å²) in [5.74, 6) is 0.000283. The van der Waals surface area contributed by atoms with Crippen molar-refractivity contribution < 1.29 is 9.53 Å². The zero-order valence-corrected chi connectivity index (χ0v) is 12.7. The van der Waals surface area contributed by atoms with Gasteiger partial charge in [-0.05, 0) is 40.8 Å². The topological polar surface area (TPSA) is 38.3 Å². The summed E-state index contributed by atoms with van der Waals surface area (Å²) in [6.07, 6.45) is 0.961. The highest BCUT2D eigenvalue weighted by Crippen LogP contribution is 2.36. The summed E-state index contributed by atoms with van der Waals surface area (Å²) < 4.78 is 5.22. The molecule has 0 spiro atoms. The van der Waals surface area contributed by atoms with E-state index in [0.717, 1.165) is 25.2 Å². The molecule has 3 nitrogen and oxygen atoms in total. The second-order valence-electron chi connectivity index (χ2n) is 6.69. The van der Waals surface area contributed by atoms with Gasteiger partial charge in [-0.15, -0.1) is 0 Å². The van der Waals surface area contributed by atoms with Crippen LogP contribution in [0.1, 0.15) is 28.4 Å². The van der Waals surface area contributed by atoms with Gasteiger partial charge >= 0.3 is 0 Å². The predicted molar refractivity (Wildman–Crippen MR) is 85.9 cm³/mol. The van der Waals surface area contributed by atoms with Crippen LogP contribution in [0, 0.1) is 5.41 Å². The summed E-state index contributed by atoms with van der Waals surface area (Å²) >= 11 is 0. The number of hydrogen-bond donors (Lipinski definition) is 1. The van der Waals surface area contributed by atoms with Crippen molar-refractivity contribution in [3.8, 4) is 11.1 Å². The molecule has 0 aromatic heterocycles. The number of nitrogens with one attached hydrogen (secondary N) is 1. The summed E-state index contributed by atoms with van der Waals surface area (Å²) in [6.45, 7) is 4.25. The highest BCUT2D eigenvalue weighted by atomic mass is 16.5. The average Bonchev–Trinajstić information content (AvgIpc) is 2.88. The van der Waals surface area contributed by atoms with Gasteiger partial charge in [0.25, 0.3) is 5.91 Å². The Morgan fingerprint density at radius 3 is 2.68 bits per heavy atom. The summed E-state index contributed by atoms with van der Waals surface area (Å²) in [6, 6.07) is 14.5. The maximum atomic E-state index is 12.4. The van der Waals surface area contributed by atoms with Crippen LogP contribution in [0.15, 0.2) is 42.5 Å². The molecular formula is C19H19NO2. The van der Waals surface area contributed by atoms with Crippen molar-refractivity contribution >= 4 is 5.91 Å². The Balaban J connectivity index is 1.56. The largest absolute Gasteiger partial charge is 0.380 e. The zero-order valence-electron chi connectivity index (χ0n) is 12.7. The second kappa shape index (κ2) is 4.96. The van der Waals surface area contributed by atoms with Crippen molar-refractivity contribution in [2.45, 2.75) is 13.3 Å². The molecule has 0 bridgehead atoms. The molecule has 1 fully saturated rings. The van der Waals surface area contributed by atoms with Crippen LogP contribution >= 0.6 is 0 Å². The maximum absolute atomic E-state index is 12.4. The molecular weight excluding hydrogens is 274 g/mol. The van der Waals surface area contributed by atoms with Crippen LogP contribution in [0.25, 0.3) is 11.1 Å². The molecule has 22 heavy (non-hydrogen) atoms. The molecule has 0 atom stereocenters. The Kier molecular flexibility index (Phi) is 3.05. The molecule has 1 N–H and O–H groups in total. The van der Waals surface area contributed by atoms with Crippen LogP contribution in [0.4, 0.5) is 0 Å². The van der Waals surface area contributed by atoms with Crippen molar-refractivity contribution in [2.24, 2.45) is 5.41 Å². The number of amides is 1. The van der Waals surface area contributed by atoms with Crippen LogP contribution in [-0.2, 0) is 11.2 Å². The predicted octanol–water partition coefficient (Wildman–Crippen LogP) is 3.02. The SMILES string of the molecule is CC1(CNC(=O)c2ccc3c(c2)-c2ccccc2C3)COC1. The van der Waals surface area contributed by atoms with Crippen molar-refractivity contribution in [3.05, 3.63) is 59.2 Å². The minimum atomic E-state index is 0.000283. The van der Waals surface area contributed by atoms with Gasteiger partial charge in [0.05, 0.1) is 13.2 Å². The van der Waals surface area contributed by atoms with E-state index in [2.05, 4.69) is 42.6 Å². The molecule has 0 unspecified atom stereocenters. The molecule has 1 aliphatic carbocycles. The minimum Gasteiger partial charge on any atom is -0.380 e. The molecule has 0 saturated carbocycles. The standard InChI is InChI=1S/C19H19NO2/c1-19(11-22-12-19)10-20-18(21)15-7-6-14-8-13-4-2-3-5-16(13)17(14)9-15/h2-7,9H,8,10-12H2,1H3,(H,20,21). The number of benzene rings is 2. The molecule has 0 radical (unpaired) electrons. The first-order valence-electron chi connectivity index (χ1n) is 7.72. The first-order valence-corrected chi connectivity index (χ1v) is 7.72. The minimum absolute atomic E-state index is 0.000283. The Morgan fingerprint density at radius 2 is 1.91 bits per heavy atom. The van der Waals surface area contributed by atoms with Gasteiger partial charge in [-0.3, -0.25) is 4.79 Å². The number of carbonyl (C=O) groups is 1. The summed E-state index contributed by atoms with van der Waals surface area (Å²) in [7, 11) is 0. The molecule has 1 aliphatic heterocycles. The number of carbonyl (C=O) groups excluding carboxylic acids is 1. The average molecular weight is 293 g/mol. The van der Waals surface area contributed by atoms with E-state index in [1.54, 1.807) is 0 Å². The van der Waals surface area contributed by atoms with E-state index in [1.165, 1.54) is 22.3 Å². The molecule has 2 aliphatic rings. The second-order valence-corrected chi connectivity index (χ2v) is 6.69. The summed E-state index contributed by atoms with van der Waals surface area (Å²) in [4.78, 5) is 12.4. The smallest absolute Gasteiger partial charge is 0.251 e. The Labute approximate surface area is 130 Å². The normalized spacial score (nSPS) is 17.3. The van der Waals surface area contributed by atoms with E-state index in [1.807, 2.05) is 12.1 Å².